The summed E-state index contributed by atoms with van der Waals surface area (Å²) in [6.45, 7) is -0.651. The number of rotatable bonds is 1. The van der Waals surface area contributed by atoms with E-state index in [0.717, 1.165) is 0 Å². The van der Waals surface area contributed by atoms with Crippen LogP contribution in [0.3, 0.4) is 0 Å². The Bertz CT molecular complexity index is 150. The van der Waals surface area contributed by atoms with E-state index in [9.17, 15) is 4.39 Å². The highest BCUT2D eigenvalue weighted by Crippen LogP contribution is 2.21. The monoisotopic (exact) mass is 182 g/mol. The number of ether oxygens (including phenoxy) is 1. The summed E-state index contributed by atoms with van der Waals surface area (Å²) in [5, 5.41) is 35.2. The van der Waals surface area contributed by atoms with Crippen molar-refractivity contribution in [2.24, 2.45) is 0 Å². The lowest BCUT2D eigenvalue weighted by Crippen LogP contribution is -2.56. The molecule has 72 valence electrons. The second-order valence-electron chi connectivity index (χ2n) is 2.67. The van der Waals surface area contributed by atoms with Crippen LogP contribution in [-0.2, 0) is 4.74 Å². The third-order valence-electron chi connectivity index (χ3n) is 1.82. The first-order valence-corrected chi connectivity index (χ1v) is 3.52. The number of hydrogen-bond donors (Lipinski definition) is 4. The minimum Gasteiger partial charge on any atom is -0.394 e. The van der Waals surface area contributed by atoms with Gasteiger partial charge in [0.15, 0.2) is 12.5 Å². The van der Waals surface area contributed by atoms with E-state index >= 15 is 0 Å². The van der Waals surface area contributed by atoms with E-state index in [1.807, 2.05) is 0 Å². The molecule has 5 atom stereocenters. The largest absolute Gasteiger partial charge is 0.394 e. The summed E-state index contributed by atoms with van der Waals surface area (Å²) in [4.78, 5) is 0. The number of alkyl halides is 1. The zero-order chi connectivity index (χ0) is 9.30. The molecule has 0 spiro atoms. The van der Waals surface area contributed by atoms with Crippen LogP contribution in [0.4, 0.5) is 4.39 Å². The summed E-state index contributed by atoms with van der Waals surface area (Å²) < 4.78 is 17.3. The molecule has 4 N–H and O–H groups in total. The molecule has 6 heteroatoms. The first-order chi connectivity index (χ1) is 5.57. The minimum atomic E-state index is -1.88. The molecule has 0 aromatic heterocycles. The van der Waals surface area contributed by atoms with Crippen LogP contribution in [0.1, 0.15) is 0 Å². The zero-order valence-electron chi connectivity index (χ0n) is 6.17. The van der Waals surface area contributed by atoms with Gasteiger partial charge in [-0.2, -0.15) is 0 Å². The minimum absolute atomic E-state index is 0.651. The van der Waals surface area contributed by atoms with E-state index < -0.39 is 37.4 Å². The van der Waals surface area contributed by atoms with Gasteiger partial charge in [-0.3, -0.25) is 0 Å². The molecule has 1 rings (SSSR count). The molecule has 0 saturated carbocycles. The van der Waals surface area contributed by atoms with Gasteiger partial charge in [0.05, 0.1) is 6.61 Å². The fourth-order valence-electron chi connectivity index (χ4n) is 1.06. The highest BCUT2D eigenvalue weighted by atomic mass is 19.1. The molecule has 1 fully saturated rings. The van der Waals surface area contributed by atoms with Crippen molar-refractivity contribution >= 4 is 0 Å². The summed E-state index contributed by atoms with van der Waals surface area (Å²) in [5.41, 5.74) is 0. The fraction of sp³-hybridized carbons (Fsp3) is 1.00. The second kappa shape index (κ2) is 3.63. The fourth-order valence-corrected chi connectivity index (χ4v) is 1.06. The molecule has 0 aliphatic carbocycles. The predicted octanol–water partition coefficient (Wildman–Crippen LogP) is -2.24. The average molecular weight is 182 g/mol. The van der Waals surface area contributed by atoms with E-state index in [1.54, 1.807) is 0 Å². The number of hydrogen-bond acceptors (Lipinski definition) is 5. The Hall–Kier alpha value is -0.270. The van der Waals surface area contributed by atoms with Gasteiger partial charge in [-0.1, -0.05) is 0 Å². The maximum Gasteiger partial charge on any atom is 0.184 e. The van der Waals surface area contributed by atoms with Gasteiger partial charge in [-0.05, 0) is 0 Å². The lowest BCUT2D eigenvalue weighted by Gasteiger charge is -2.36. The lowest BCUT2D eigenvalue weighted by atomic mass is 10.0. The Labute approximate surface area is 68.0 Å². The van der Waals surface area contributed by atoms with Crippen LogP contribution in [0, 0.1) is 0 Å². The van der Waals surface area contributed by atoms with E-state index in [0.29, 0.717) is 0 Å². The Morgan fingerprint density at radius 1 is 1.17 bits per heavy atom. The molecule has 0 amide bonds. The van der Waals surface area contributed by atoms with Crippen LogP contribution in [0.5, 0.6) is 0 Å². The number of aliphatic hydroxyl groups is 4. The zero-order valence-corrected chi connectivity index (χ0v) is 6.17. The van der Waals surface area contributed by atoms with Gasteiger partial charge in [0.25, 0.3) is 0 Å². The van der Waals surface area contributed by atoms with Crippen molar-refractivity contribution in [3.05, 3.63) is 0 Å². The molecular formula is C6H11FO5. The van der Waals surface area contributed by atoms with Crippen molar-refractivity contribution in [2.75, 3.05) is 6.61 Å². The van der Waals surface area contributed by atoms with Gasteiger partial charge in [0.1, 0.15) is 18.3 Å². The molecule has 0 aromatic carbocycles. The van der Waals surface area contributed by atoms with Gasteiger partial charge >= 0.3 is 0 Å². The summed E-state index contributed by atoms with van der Waals surface area (Å²) in [5.74, 6) is 0. The molecule has 1 aliphatic heterocycles. The molecule has 12 heavy (non-hydrogen) atoms. The van der Waals surface area contributed by atoms with Gasteiger partial charge in [0.2, 0.25) is 0 Å². The average Bonchev–Trinajstić information content (AvgIpc) is 2.08. The van der Waals surface area contributed by atoms with Crippen molar-refractivity contribution < 1.29 is 29.6 Å². The summed E-state index contributed by atoms with van der Waals surface area (Å²) >= 11 is 0. The third-order valence-corrected chi connectivity index (χ3v) is 1.82. The Balaban J connectivity index is 2.63. The van der Waals surface area contributed by atoms with Crippen molar-refractivity contribution in [3.63, 3.8) is 0 Å². The van der Waals surface area contributed by atoms with E-state index in [2.05, 4.69) is 4.74 Å². The molecule has 1 unspecified atom stereocenters. The molecule has 1 heterocycles. The lowest BCUT2D eigenvalue weighted by molar-refractivity contribution is -0.274. The summed E-state index contributed by atoms with van der Waals surface area (Å²) in [6.07, 6.45) is -8.19. The van der Waals surface area contributed by atoms with Crippen molar-refractivity contribution in [2.45, 2.75) is 30.8 Å². The predicted molar refractivity (Wildman–Crippen MR) is 34.9 cm³/mol. The molecule has 0 radical (unpaired) electrons. The maximum atomic E-state index is 12.9. The van der Waals surface area contributed by atoms with E-state index in [-0.39, 0.29) is 0 Å². The smallest absolute Gasteiger partial charge is 0.184 e. The topological polar surface area (TPSA) is 90.2 Å². The highest BCUT2D eigenvalue weighted by molar-refractivity contribution is 4.88. The standard InChI is InChI=1S/C6H11FO5/c7-3-2(1-8)12-6(11)5(10)4(3)9/h2-6,8-11H,1H2/t2-,3-,4+,5-,6?/m1/s1. The number of aliphatic hydroxyl groups excluding tert-OH is 4. The first kappa shape index (κ1) is 9.82. The van der Waals surface area contributed by atoms with Gasteiger partial charge in [-0.25, -0.2) is 4.39 Å². The van der Waals surface area contributed by atoms with Gasteiger partial charge in [-0.15, -0.1) is 0 Å². The van der Waals surface area contributed by atoms with Crippen LogP contribution >= 0.6 is 0 Å². The first-order valence-electron chi connectivity index (χ1n) is 3.52. The quantitative estimate of drug-likeness (QED) is 0.368. The SMILES string of the molecule is OC[C@H]1OC(O)[C@H](O)[C@@H](O)[C@@H]1F. The normalized spacial score (nSPS) is 49.2. The third kappa shape index (κ3) is 1.57. The van der Waals surface area contributed by atoms with Crippen LogP contribution in [0.2, 0.25) is 0 Å². The molecule has 0 bridgehead atoms. The maximum absolute atomic E-state index is 12.9. The Morgan fingerprint density at radius 3 is 2.25 bits per heavy atom. The van der Waals surface area contributed by atoms with Gasteiger partial charge in [0, 0.05) is 0 Å². The highest BCUT2D eigenvalue weighted by Gasteiger charge is 2.43. The van der Waals surface area contributed by atoms with E-state index in [4.69, 9.17) is 20.4 Å². The van der Waals surface area contributed by atoms with Gasteiger partial charge < -0.3 is 25.2 Å². The van der Waals surface area contributed by atoms with Crippen LogP contribution in [0.25, 0.3) is 0 Å². The van der Waals surface area contributed by atoms with Crippen molar-refractivity contribution in [1.82, 2.24) is 0 Å². The van der Waals surface area contributed by atoms with Crippen LogP contribution in [0.15, 0.2) is 0 Å². The number of halogens is 1. The van der Waals surface area contributed by atoms with Crippen LogP contribution < -0.4 is 0 Å². The molecule has 5 nitrogen and oxygen atoms in total. The van der Waals surface area contributed by atoms with Crippen LogP contribution in [-0.4, -0.2) is 57.8 Å². The Morgan fingerprint density at radius 2 is 1.75 bits per heavy atom. The Kier molecular flexibility index (Phi) is 2.97. The molecular weight excluding hydrogens is 171 g/mol. The molecule has 1 saturated heterocycles. The molecule has 1 aliphatic rings. The van der Waals surface area contributed by atoms with E-state index in [1.165, 1.54) is 0 Å². The summed E-state index contributed by atoms with van der Waals surface area (Å²) in [6, 6.07) is 0. The molecule has 0 aromatic rings. The van der Waals surface area contributed by atoms with Crippen molar-refractivity contribution in [3.8, 4) is 0 Å². The second-order valence-corrected chi connectivity index (χ2v) is 2.67. The van der Waals surface area contributed by atoms with Crippen molar-refractivity contribution in [1.29, 1.82) is 0 Å². The summed E-state index contributed by atoms with van der Waals surface area (Å²) in [7, 11) is 0.